The molecule has 2 fully saturated rings. The van der Waals surface area contributed by atoms with E-state index in [2.05, 4.69) is 26.3 Å². The maximum absolute atomic E-state index is 12.7. The number of nitrogens with two attached hydrogens (primary N) is 3. The molecule has 0 aromatic rings. The normalized spacial score (nSPS) is 32.3. The minimum atomic E-state index is -1.55. The maximum Gasteiger partial charge on any atom is 0.404 e. The first-order chi connectivity index (χ1) is 16.6. The summed E-state index contributed by atoms with van der Waals surface area (Å²) in [6, 6.07) is -3.27. The Morgan fingerprint density at radius 3 is 2.53 bits per heavy atom. The van der Waals surface area contributed by atoms with Gasteiger partial charge in [0.2, 0.25) is 11.8 Å². The Morgan fingerprint density at radius 2 is 1.95 bits per heavy atom. The standard InChI is InChI=1S/C19H34N8O8.3ClH/c20-3-1-2-7(21)4-10(30)24-13-14(31)15(35-18(22)33)9(6-28)34-17(13)27-19-25-11-8(29)5-23-16(32)12(11)26-19;;;/h7-9,11-15,17,28-29,31H,1-6,20-21H2,(H2,22,33)(H,23,32)(H,24,30)(H2,25,26,27);3*1H/t7-,8+,9+,11+,12-,13+,14-,15-,17+;;;/m0.../s1. The number of carbonyl (C=O) groups excluding carboxylic acids is 3. The van der Waals surface area contributed by atoms with Crippen LogP contribution in [-0.4, -0.2) is 114 Å². The van der Waals surface area contributed by atoms with Crippen molar-refractivity contribution in [2.75, 3.05) is 19.7 Å². The zero-order valence-corrected chi connectivity index (χ0v) is 22.7. The van der Waals surface area contributed by atoms with Crippen LogP contribution in [0.5, 0.6) is 0 Å². The fourth-order valence-corrected chi connectivity index (χ4v) is 4.30. The number of nitrogens with zero attached hydrogens (tertiary/aromatic N) is 1. The molecule has 19 heteroatoms. The third kappa shape index (κ3) is 8.82. The molecule has 0 aliphatic carbocycles. The molecule has 3 rings (SSSR count). The van der Waals surface area contributed by atoms with Gasteiger partial charge in [0.25, 0.3) is 0 Å². The molecular formula is C19H37Cl3N8O8. The molecule has 9 atom stereocenters. The number of ether oxygens (including phenoxy) is 2. The number of carbonyl (C=O) groups is 3. The van der Waals surface area contributed by atoms with Crippen LogP contribution in [0.2, 0.25) is 0 Å². The van der Waals surface area contributed by atoms with Crippen LogP contribution in [0.4, 0.5) is 4.79 Å². The van der Waals surface area contributed by atoms with Crippen molar-refractivity contribution < 1.29 is 39.2 Å². The van der Waals surface area contributed by atoms with E-state index in [1.165, 1.54) is 0 Å². The summed E-state index contributed by atoms with van der Waals surface area (Å²) in [5.41, 5.74) is 16.5. The highest BCUT2D eigenvalue weighted by Crippen LogP contribution is 2.24. The van der Waals surface area contributed by atoms with Gasteiger partial charge in [-0.05, 0) is 19.4 Å². The molecule has 3 aliphatic heterocycles. The van der Waals surface area contributed by atoms with Gasteiger partial charge in [0, 0.05) is 19.0 Å². The van der Waals surface area contributed by atoms with E-state index >= 15 is 0 Å². The number of guanidine groups is 1. The lowest BCUT2D eigenvalue weighted by Crippen LogP contribution is -2.70. The number of halogens is 3. The van der Waals surface area contributed by atoms with Gasteiger partial charge in [0.15, 0.2) is 24.3 Å². The minimum Gasteiger partial charge on any atom is -0.441 e. The van der Waals surface area contributed by atoms with Crippen molar-refractivity contribution in [2.24, 2.45) is 22.2 Å². The Bertz CT molecular complexity index is 831. The number of primary amides is 1. The maximum atomic E-state index is 12.7. The second-order valence-corrected chi connectivity index (χ2v) is 8.71. The van der Waals surface area contributed by atoms with Gasteiger partial charge < -0.3 is 63.3 Å². The van der Waals surface area contributed by atoms with Gasteiger partial charge in [0.05, 0.1) is 18.8 Å². The highest BCUT2D eigenvalue weighted by atomic mass is 35.5. The number of amides is 3. The smallest absolute Gasteiger partial charge is 0.404 e. The SMILES string of the molecule is Cl.Cl.Cl.NCCC[C@H](N)CC(=O)N[C@@H]1[C@H](O)[C@@H](OC(N)=O)[C@@H](CO)O[C@H]1NC1=N[C@@H]2C(=O)NC[C@@H](O)[C@H]2N1. The average molecular weight is 612 g/mol. The van der Waals surface area contributed by atoms with Crippen molar-refractivity contribution in [1.29, 1.82) is 0 Å². The number of aliphatic hydroxyl groups excluding tert-OH is 3. The molecule has 3 aliphatic rings. The van der Waals surface area contributed by atoms with Gasteiger partial charge in [0.1, 0.15) is 18.2 Å². The Hall–Kier alpha value is -1.89. The Labute approximate surface area is 237 Å². The number of nitrogens with one attached hydrogen (secondary N) is 4. The molecule has 3 amide bonds. The molecular weight excluding hydrogens is 575 g/mol. The predicted molar refractivity (Wildman–Crippen MR) is 141 cm³/mol. The monoisotopic (exact) mass is 610 g/mol. The molecule has 2 saturated heterocycles. The van der Waals surface area contributed by atoms with E-state index in [0.29, 0.717) is 19.4 Å². The third-order valence-corrected chi connectivity index (χ3v) is 6.06. The lowest BCUT2D eigenvalue weighted by atomic mass is 9.95. The number of β-amino-alcohol motifs (C(OH)–C–C–N with tert-alkyl or cyclic N) is 1. The lowest BCUT2D eigenvalue weighted by Gasteiger charge is -2.44. The quantitative estimate of drug-likeness (QED) is 0.118. The van der Waals surface area contributed by atoms with E-state index in [-0.39, 0.29) is 62.1 Å². The molecule has 0 aromatic heterocycles. The Balaban J connectivity index is 0.00000456. The summed E-state index contributed by atoms with van der Waals surface area (Å²) in [5.74, 6) is -0.828. The van der Waals surface area contributed by atoms with Gasteiger partial charge in [-0.2, -0.15) is 0 Å². The summed E-state index contributed by atoms with van der Waals surface area (Å²) < 4.78 is 10.7. The zero-order valence-electron chi connectivity index (χ0n) is 20.2. The van der Waals surface area contributed by atoms with Crippen LogP contribution in [0.3, 0.4) is 0 Å². The van der Waals surface area contributed by atoms with Crippen molar-refractivity contribution in [3.05, 3.63) is 0 Å². The summed E-state index contributed by atoms with van der Waals surface area (Å²) >= 11 is 0. The van der Waals surface area contributed by atoms with E-state index in [4.69, 9.17) is 26.7 Å². The second-order valence-electron chi connectivity index (χ2n) is 8.71. The van der Waals surface area contributed by atoms with Crippen LogP contribution < -0.4 is 38.5 Å². The number of fused-ring (bicyclic) bond motifs is 1. The van der Waals surface area contributed by atoms with E-state index in [9.17, 15) is 29.7 Å². The average Bonchev–Trinajstić information content (AvgIpc) is 3.24. The van der Waals surface area contributed by atoms with Crippen molar-refractivity contribution in [3.63, 3.8) is 0 Å². The molecule has 0 aromatic carbocycles. The topological polar surface area (TPSA) is 269 Å². The third-order valence-electron chi connectivity index (χ3n) is 6.06. The van der Waals surface area contributed by atoms with E-state index < -0.39 is 73.4 Å². The van der Waals surface area contributed by atoms with Gasteiger partial charge in [-0.25, -0.2) is 9.79 Å². The molecule has 0 unspecified atom stereocenters. The molecule has 16 nitrogen and oxygen atoms in total. The van der Waals surface area contributed by atoms with Crippen LogP contribution in [0.25, 0.3) is 0 Å². The van der Waals surface area contributed by atoms with Crippen molar-refractivity contribution in [2.45, 2.75) is 74.1 Å². The highest BCUT2D eigenvalue weighted by molar-refractivity contribution is 5.92. The van der Waals surface area contributed by atoms with Crippen molar-refractivity contribution in [1.82, 2.24) is 21.3 Å². The first kappa shape index (κ1) is 36.1. The van der Waals surface area contributed by atoms with Gasteiger partial charge >= 0.3 is 6.09 Å². The number of aliphatic hydroxyl groups is 3. The number of hydrogen-bond donors (Lipinski definition) is 10. The first-order valence-corrected chi connectivity index (χ1v) is 11.4. The van der Waals surface area contributed by atoms with E-state index in [1.807, 2.05) is 0 Å². The summed E-state index contributed by atoms with van der Waals surface area (Å²) in [7, 11) is 0. The van der Waals surface area contributed by atoms with E-state index in [0.717, 1.165) is 0 Å². The molecule has 222 valence electrons. The van der Waals surface area contributed by atoms with Gasteiger partial charge in [-0.1, -0.05) is 0 Å². The van der Waals surface area contributed by atoms with Crippen molar-refractivity contribution >= 4 is 61.1 Å². The number of aliphatic imine (C=N–C) groups is 1. The number of hydrogen-bond acceptors (Lipinski definition) is 13. The number of piperidine rings is 1. The Kier molecular flexibility index (Phi) is 15.5. The zero-order chi connectivity index (χ0) is 25.7. The van der Waals surface area contributed by atoms with Gasteiger partial charge in [-0.3, -0.25) is 9.59 Å². The number of rotatable bonds is 9. The predicted octanol–water partition coefficient (Wildman–Crippen LogP) is -4.49. The fourth-order valence-electron chi connectivity index (χ4n) is 4.30. The van der Waals surface area contributed by atoms with Crippen LogP contribution >= 0.6 is 37.2 Å². The molecule has 0 radical (unpaired) electrons. The van der Waals surface area contributed by atoms with Gasteiger partial charge in [-0.15, -0.1) is 37.2 Å². The van der Waals surface area contributed by atoms with Crippen LogP contribution in [-0.2, 0) is 19.1 Å². The second kappa shape index (κ2) is 16.3. The van der Waals surface area contributed by atoms with Crippen LogP contribution in [0.1, 0.15) is 19.3 Å². The largest absolute Gasteiger partial charge is 0.441 e. The highest BCUT2D eigenvalue weighted by Gasteiger charge is 2.49. The summed E-state index contributed by atoms with van der Waals surface area (Å²) in [6.07, 6.45) is -6.36. The summed E-state index contributed by atoms with van der Waals surface area (Å²) in [6.45, 7) is -0.171. The molecule has 13 N–H and O–H groups in total. The molecule has 0 bridgehead atoms. The van der Waals surface area contributed by atoms with Crippen LogP contribution in [0, 0.1) is 0 Å². The minimum absolute atomic E-state index is 0. The molecule has 0 spiro atoms. The first-order valence-electron chi connectivity index (χ1n) is 11.4. The molecule has 38 heavy (non-hydrogen) atoms. The summed E-state index contributed by atoms with van der Waals surface area (Å²) in [4.78, 5) is 40.3. The molecule has 3 heterocycles. The summed E-state index contributed by atoms with van der Waals surface area (Å²) in [5, 5.41) is 41.7. The van der Waals surface area contributed by atoms with E-state index in [1.54, 1.807) is 0 Å². The fraction of sp³-hybridized carbons (Fsp3) is 0.789. The van der Waals surface area contributed by atoms with Crippen molar-refractivity contribution in [3.8, 4) is 0 Å². The lowest BCUT2D eigenvalue weighted by molar-refractivity contribution is -0.198. The molecule has 0 saturated carbocycles. The van der Waals surface area contributed by atoms with Crippen LogP contribution in [0.15, 0.2) is 4.99 Å². The Morgan fingerprint density at radius 1 is 1.26 bits per heavy atom.